The fraction of sp³-hybridized carbons (Fsp3) is 0.500. The number of carboxylic acid groups (broad SMARTS) is 1. The van der Waals surface area contributed by atoms with Gasteiger partial charge in [0.1, 0.15) is 0 Å². The Morgan fingerprint density at radius 3 is 2.62 bits per heavy atom. The molecule has 0 bridgehead atoms. The maximum Gasteiger partial charge on any atom is 0.338 e. The number of aromatic nitrogens is 1. The summed E-state index contributed by atoms with van der Waals surface area (Å²) in [5.41, 5.74) is 0.223. The first-order valence-corrected chi connectivity index (χ1v) is 4.76. The van der Waals surface area contributed by atoms with Crippen LogP contribution in [0.3, 0.4) is 0 Å². The number of hydrogen-bond donors (Lipinski definition) is 2. The number of rotatable bonds is 3. The van der Waals surface area contributed by atoms with Gasteiger partial charge in [0.05, 0.1) is 10.7 Å². The molecule has 1 heterocycles. The molecule has 0 saturated carbocycles. The zero-order chi connectivity index (χ0) is 10.0. The lowest BCUT2D eigenvalue weighted by Gasteiger charge is -2.00. The molecule has 5 heteroatoms. The molecule has 0 aromatic carbocycles. The lowest BCUT2D eigenvalue weighted by atomic mass is 10.2. The summed E-state index contributed by atoms with van der Waals surface area (Å²) in [6, 6.07) is 0. The summed E-state index contributed by atoms with van der Waals surface area (Å²) in [7, 11) is 0. The van der Waals surface area contributed by atoms with Gasteiger partial charge >= 0.3 is 5.97 Å². The van der Waals surface area contributed by atoms with Crippen molar-refractivity contribution in [1.82, 2.24) is 4.98 Å². The molecule has 0 spiro atoms. The number of hydrogen-bond acceptors (Lipinski definition) is 4. The van der Waals surface area contributed by atoms with E-state index in [0.29, 0.717) is 0 Å². The van der Waals surface area contributed by atoms with Gasteiger partial charge in [-0.05, 0) is 0 Å². The van der Waals surface area contributed by atoms with Gasteiger partial charge in [0.15, 0.2) is 6.10 Å². The van der Waals surface area contributed by atoms with Gasteiger partial charge in [-0.3, -0.25) is 0 Å². The first kappa shape index (κ1) is 10.1. The second-order valence-corrected chi connectivity index (χ2v) is 3.90. The van der Waals surface area contributed by atoms with E-state index in [0.717, 1.165) is 5.01 Å². The van der Waals surface area contributed by atoms with Crippen LogP contribution in [-0.4, -0.2) is 21.2 Å². The summed E-state index contributed by atoms with van der Waals surface area (Å²) in [5, 5.41) is 20.1. The minimum atomic E-state index is -1.50. The molecule has 72 valence electrons. The van der Waals surface area contributed by atoms with Crippen LogP contribution in [0.2, 0.25) is 0 Å². The molecule has 1 unspecified atom stereocenters. The lowest BCUT2D eigenvalue weighted by molar-refractivity contribution is -0.147. The van der Waals surface area contributed by atoms with Crippen molar-refractivity contribution in [2.45, 2.75) is 25.9 Å². The van der Waals surface area contributed by atoms with Gasteiger partial charge in [-0.25, -0.2) is 9.78 Å². The quantitative estimate of drug-likeness (QED) is 0.775. The van der Waals surface area contributed by atoms with Crippen LogP contribution in [0, 0.1) is 0 Å². The van der Waals surface area contributed by atoms with Crippen LogP contribution in [-0.2, 0) is 4.79 Å². The fourth-order valence-corrected chi connectivity index (χ4v) is 1.67. The largest absolute Gasteiger partial charge is 0.479 e. The predicted molar refractivity (Wildman–Crippen MR) is 48.8 cm³/mol. The van der Waals surface area contributed by atoms with Gasteiger partial charge in [0, 0.05) is 11.3 Å². The van der Waals surface area contributed by atoms with Crippen molar-refractivity contribution in [2.75, 3.05) is 0 Å². The molecule has 13 heavy (non-hydrogen) atoms. The molecule has 0 radical (unpaired) electrons. The summed E-state index contributed by atoms with van der Waals surface area (Å²) in [6.07, 6.45) is -1.50. The highest BCUT2D eigenvalue weighted by molar-refractivity contribution is 7.09. The third kappa shape index (κ3) is 2.26. The van der Waals surface area contributed by atoms with Gasteiger partial charge < -0.3 is 10.2 Å². The third-order valence-electron chi connectivity index (χ3n) is 1.55. The van der Waals surface area contributed by atoms with E-state index in [9.17, 15) is 4.79 Å². The molecule has 0 aliphatic heterocycles. The number of carbonyl (C=O) groups is 1. The van der Waals surface area contributed by atoms with Crippen LogP contribution in [0.1, 0.15) is 36.6 Å². The van der Waals surface area contributed by atoms with Crippen molar-refractivity contribution < 1.29 is 15.0 Å². The maximum atomic E-state index is 10.4. The van der Waals surface area contributed by atoms with E-state index in [4.69, 9.17) is 10.2 Å². The summed E-state index contributed by atoms with van der Waals surface area (Å²) in [4.78, 5) is 14.4. The van der Waals surface area contributed by atoms with E-state index in [1.54, 1.807) is 5.38 Å². The molecule has 0 aliphatic carbocycles. The summed E-state index contributed by atoms with van der Waals surface area (Å²) >= 11 is 1.37. The Balaban J connectivity index is 2.85. The Kier molecular flexibility index (Phi) is 3.00. The molecular formula is C8H11NO3S. The molecule has 1 aromatic heterocycles. The van der Waals surface area contributed by atoms with Crippen molar-refractivity contribution in [3.8, 4) is 0 Å². The number of nitrogens with zero attached hydrogens (tertiary/aromatic N) is 1. The number of aliphatic hydroxyl groups excluding tert-OH is 1. The normalized spacial score (nSPS) is 13.2. The molecule has 0 fully saturated rings. The van der Waals surface area contributed by atoms with Crippen LogP contribution >= 0.6 is 11.3 Å². The summed E-state index contributed by atoms with van der Waals surface area (Å²) < 4.78 is 0. The Hall–Kier alpha value is -0.940. The standard InChI is InChI=1S/C8H11NO3S/c1-4(2)7-9-5(3-13-7)6(10)8(11)12/h3-4,6,10H,1-2H3,(H,11,12). The second kappa shape index (κ2) is 3.85. The number of aliphatic hydroxyl groups is 1. The maximum absolute atomic E-state index is 10.4. The third-order valence-corrected chi connectivity index (χ3v) is 2.71. The molecule has 4 nitrogen and oxygen atoms in total. The highest BCUT2D eigenvalue weighted by Crippen LogP contribution is 2.22. The minimum absolute atomic E-state index is 0.223. The topological polar surface area (TPSA) is 70.4 Å². The van der Waals surface area contributed by atoms with E-state index in [1.165, 1.54) is 11.3 Å². The highest BCUT2D eigenvalue weighted by atomic mass is 32.1. The molecule has 0 amide bonds. The Morgan fingerprint density at radius 1 is 1.62 bits per heavy atom. The zero-order valence-corrected chi connectivity index (χ0v) is 8.21. The van der Waals surface area contributed by atoms with Crippen LogP contribution < -0.4 is 0 Å². The number of thiazole rings is 1. The van der Waals surface area contributed by atoms with E-state index in [2.05, 4.69) is 4.98 Å². The van der Waals surface area contributed by atoms with E-state index < -0.39 is 12.1 Å². The SMILES string of the molecule is CC(C)c1nc(C(O)C(=O)O)cs1. The number of aliphatic carboxylic acids is 1. The van der Waals surface area contributed by atoms with Gasteiger partial charge in [0.2, 0.25) is 0 Å². The van der Waals surface area contributed by atoms with Crippen LogP contribution in [0.5, 0.6) is 0 Å². The molecule has 1 atom stereocenters. The van der Waals surface area contributed by atoms with Crippen LogP contribution in [0.4, 0.5) is 0 Å². The summed E-state index contributed by atoms with van der Waals surface area (Å²) in [5.74, 6) is -1.000. The van der Waals surface area contributed by atoms with Crippen molar-refractivity contribution in [2.24, 2.45) is 0 Å². The minimum Gasteiger partial charge on any atom is -0.479 e. The monoisotopic (exact) mass is 201 g/mol. The van der Waals surface area contributed by atoms with Gasteiger partial charge in [-0.2, -0.15) is 0 Å². The van der Waals surface area contributed by atoms with E-state index in [-0.39, 0.29) is 11.6 Å². The van der Waals surface area contributed by atoms with Gasteiger partial charge in [0.25, 0.3) is 0 Å². The summed E-state index contributed by atoms with van der Waals surface area (Å²) in [6.45, 7) is 3.94. The molecule has 0 saturated heterocycles. The smallest absolute Gasteiger partial charge is 0.338 e. The van der Waals surface area contributed by atoms with Crippen LogP contribution in [0.25, 0.3) is 0 Å². The average Bonchev–Trinajstić information content (AvgIpc) is 2.50. The zero-order valence-electron chi connectivity index (χ0n) is 7.39. The fourth-order valence-electron chi connectivity index (χ4n) is 0.818. The van der Waals surface area contributed by atoms with Gasteiger partial charge in [-0.15, -0.1) is 11.3 Å². The van der Waals surface area contributed by atoms with Crippen molar-refractivity contribution >= 4 is 17.3 Å². The molecular weight excluding hydrogens is 190 g/mol. The van der Waals surface area contributed by atoms with E-state index in [1.807, 2.05) is 13.8 Å². The Morgan fingerprint density at radius 2 is 2.23 bits per heavy atom. The second-order valence-electron chi connectivity index (χ2n) is 3.01. The molecule has 0 aliphatic rings. The van der Waals surface area contributed by atoms with Crippen molar-refractivity contribution in [3.05, 3.63) is 16.1 Å². The van der Waals surface area contributed by atoms with Crippen molar-refractivity contribution in [3.63, 3.8) is 0 Å². The molecule has 2 N–H and O–H groups in total. The first-order chi connectivity index (χ1) is 6.02. The van der Waals surface area contributed by atoms with Crippen LogP contribution in [0.15, 0.2) is 5.38 Å². The van der Waals surface area contributed by atoms with E-state index >= 15 is 0 Å². The Bertz CT molecular complexity index is 308. The lowest BCUT2D eigenvalue weighted by Crippen LogP contribution is -2.10. The van der Waals surface area contributed by atoms with Crippen molar-refractivity contribution in [1.29, 1.82) is 0 Å². The Labute approximate surface area is 79.9 Å². The average molecular weight is 201 g/mol. The molecule has 1 aromatic rings. The van der Waals surface area contributed by atoms with Gasteiger partial charge in [-0.1, -0.05) is 13.8 Å². The molecule has 1 rings (SSSR count). The first-order valence-electron chi connectivity index (χ1n) is 3.88. The number of carboxylic acids is 1. The highest BCUT2D eigenvalue weighted by Gasteiger charge is 2.19. The predicted octanol–water partition coefficient (Wildman–Crippen LogP) is 1.38.